The standard InChI is InChI=1S/C27H25ClOSi/c1-2-23(28)22-18-24(29-30)26(20-14-8-4-9-15-20)27(21-16-10-5-11-17-21)25(22)19-12-6-3-7-13-19/h3-18,23H,2H2,1,30H3. The van der Waals surface area contributed by atoms with E-state index in [4.69, 9.17) is 16.0 Å². The number of hydrogen-bond donors (Lipinski definition) is 0. The molecule has 0 spiro atoms. The van der Waals surface area contributed by atoms with Gasteiger partial charge in [0.25, 0.3) is 0 Å². The highest BCUT2D eigenvalue weighted by molar-refractivity contribution is 6.21. The molecule has 1 unspecified atom stereocenters. The van der Waals surface area contributed by atoms with Crippen molar-refractivity contribution in [1.29, 1.82) is 0 Å². The Bertz CT molecular complexity index is 1110. The summed E-state index contributed by atoms with van der Waals surface area (Å²) < 4.78 is 6.07. The third-order valence-electron chi connectivity index (χ3n) is 5.42. The van der Waals surface area contributed by atoms with Gasteiger partial charge < -0.3 is 4.43 Å². The van der Waals surface area contributed by atoms with E-state index in [1.54, 1.807) is 0 Å². The van der Waals surface area contributed by atoms with E-state index in [2.05, 4.69) is 97.9 Å². The summed E-state index contributed by atoms with van der Waals surface area (Å²) in [5.74, 6) is 0.903. The summed E-state index contributed by atoms with van der Waals surface area (Å²) in [6.07, 6.45) is 0.848. The van der Waals surface area contributed by atoms with Gasteiger partial charge in [-0.05, 0) is 40.3 Å². The van der Waals surface area contributed by atoms with Crippen LogP contribution >= 0.6 is 11.6 Å². The van der Waals surface area contributed by atoms with Gasteiger partial charge in [-0.3, -0.25) is 0 Å². The van der Waals surface area contributed by atoms with Gasteiger partial charge in [0, 0.05) is 11.1 Å². The molecular formula is C27H25ClOSi. The molecule has 3 heteroatoms. The first-order chi connectivity index (χ1) is 14.7. The van der Waals surface area contributed by atoms with E-state index in [1.165, 1.54) is 16.7 Å². The molecule has 4 rings (SSSR count). The predicted molar refractivity (Wildman–Crippen MR) is 132 cm³/mol. The van der Waals surface area contributed by atoms with Crippen LogP contribution in [0.3, 0.4) is 0 Å². The van der Waals surface area contributed by atoms with Gasteiger partial charge in [-0.2, -0.15) is 0 Å². The van der Waals surface area contributed by atoms with Crippen LogP contribution in [0.25, 0.3) is 33.4 Å². The minimum absolute atomic E-state index is 0.0944. The lowest BCUT2D eigenvalue weighted by Crippen LogP contribution is -2.02. The molecule has 0 aromatic heterocycles. The minimum atomic E-state index is -0.0944. The summed E-state index contributed by atoms with van der Waals surface area (Å²) in [7, 11) is 0.607. The van der Waals surface area contributed by atoms with Crippen molar-refractivity contribution in [3.05, 3.63) is 103 Å². The zero-order valence-electron chi connectivity index (χ0n) is 17.3. The van der Waals surface area contributed by atoms with Crippen molar-refractivity contribution in [2.75, 3.05) is 0 Å². The van der Waals surface area contributed by atoms with Crippen LogP contribution in [0.15, 0.2) is 97.1 Å². The number of alkyl halides is 1. The topological polar surface area (TPSA) is 9.23 Å². The normalized spacial score (nSPS) is 11.9. The number of rotatable bonds is 6. The molecule has 0 saturated carbocycles. The van der Waals surface area contributed by atoms with Crippen LogP contribution in [0.1, 0.15) is 24.3 Å². The second-order valence-corrected chi connectivity index (χ2v) is 8.20. The maximum absolute atomic E-state index is 6.89. The van der Waals surface area contributed by atoms with Gasteiger partial charge in [0.15, 0.2) is 0 Å². The molecular weight excluding hydrogens is 404 g/mol. The van der Waals surface area contributed by atoms with Gasteiger partial charge in [0.05, 0.1) is 5.38 Å². The van der Waals surface area contributed by atoms with Gasteiger partial charge in [-0.15, -0.1) is 11.6 Å². The summed E-state index contributed by atoms with van der Waals surface area (Å²) >= 11 is 6.89. The molecule has 0 aliphatic carbocycles. The lowest BCUT2D eigenvalue weighted by Gasteiger charge is -2.25. The molecule has 0 N–H and O–H groups in total. The Kier molecular flexibility index (Phi) is 6.37. The highest BCUT2D eigenvalue weighted by atomic mass is 35.5. The van der Waals surface area contributed by atoms with Crippen LogP contribution in [0.2, 0.25) is 0 Å². The van der Waals surface area contributed by atoms with E-state index in [-0.39, 0.29) is 5.38 Å². The van der Waals surface area contributed by atoms with Crippen LogP contribution in [-0.2, 0) is 0 Å². The molecule has 4 aromatic carbocycles. The molecule has 0 radical (unpaired) electrons. The fourth-order valence-corrected chi connectivity index (χ4v) is 4.50. The zero-order chi connectivity index (χ0) is 20.9. The van der Waals surface area contributed by atoms with Crippen LogP contribution < -0.4 is 4.43 Å². The lowest BCUT2D eigenvalue weighted by atomic mass is 9.83. The molecule has 0 amide bonds. The van der Waals surface area contributed by atoms with Crippen LogP contribution in [0, 0.1) is 0 Å². The molecule has 30 heavy (non-hydrogen) atoms. The monoisotopic (exact) mass is 428 g/mol. The van der Waals surface area contributed by atoms with Gasteiger partial charge >= 0.3 is 0 Å². The lowest BCUT2D eigenvalue weighted by molar-refractivity contribution is 0.617. The Morgan fingerprint density at radius 2 is 1.13 bits per heavy atom. The maximum atomic E-state index is 6.89. The van der Waals surface area contributed by atoms with Gasteiger partial charge in [-0.1, -0.05) is 97.9 Å². The molecule has 150 valence electrons. The van der Waals surface area contributed by atoms with Crippen molar-refractivity contribution >= 4 is 22.1 Å². The second kappa shape index (κ2) is 9.33. The van der Waals surface area contributed by atoms with E-state index in [9.17, 15) is 0 Å². The third kappa shape index (κ3) is 3.94. The highest BCUT2D eigenvalue weighted by Crippen LogP contribution is 2.49. The van der Waals surface area contributed by atoms with Gasteiger partial charge in [0.2, 0.25) is 10.5 Å². The summed E-state index contributed by atoms with van der Waals surface area (Å²) in [6, 6.07) is 33.8. The first-order valence-electron chi connectivity index (χ1n) is 10.3. The predicted octanol–water partition coefficient (Wildman–Crippen LogP) is 7.04. The van der Waals surface area contributed by atoms with Crippen LogP contribution in [-0.4, -0.2) is 10.5 Å². The first kappa shape index (κ1) is 20.5. The average molecular weight is 429 g/mol. The third-order valence-corrected chi connectivity index (χ3v) is 6.41. The summed E-state index contributed by atoms with van der Waals surface area (Å²) in [6.45, 7) is 2.13. The molecule has 0 saturated heterocycles. The summed E-state index contributed by atoms with van der Waals surface area (Å²) in [5, 5.41) is -0.0944. The Hall–Kier alpha value is -2.81. The Morgan fingerprint density at radius 1 is 0.700 bits per heavy atom. The molecule has 0 heterocycles. The zero-order valence-corrected chi connectivity index (χ0v) is 20.1. The molecule has 0 fully saturated rings. The van der Waals surface area contributed by atoms with E-state index >= 15 is 0 Å². The molecule has 1 nitrogen and oxygen atoms in total. The maximum Gasteiger partial charge on any atom is 0.204 e. The van der Waals surface area contributed by atoms with E-state index in [0.29, 0.717) is 10.5 Å². The first-order valence-corrected chi connectivity index (χ1v) is 11.5. The van der Waals surface area contributed by atoms with Crippen molar-refractivity contribution in [2.24, 2.45) is 0 Å². The van der Waals surface area contributed by atoms with Gasteiger partial charge in [-0.25, -0.2) is 0 Å². The number of benzene rings is 4. The molecule has 1 atom stereocenters. The largest absolute Gasteiger partial charge is 0.553 e. The minimum Gasteiger partial charge on any atom is -0.553 e. The van der Waals surface area contributed by atoms with Gasteiger partial charge in [0.1, 0.15) is 5.75 Å². The Morgan fingerprint density at radius 3 is 1.57 bits per heavy atom. The van der Waals surface area contributed by atoms with E-state index in [1.807, 2.05) is 6.07 Å². The van der Waals surface area contributed by atoms with Crippen molar-refractivity contribution in [3.63, 3.8) is 0 Å². The second-order valence-electron chi connectivity index (χ2n) is 7.27. The average Bonchev–Trinajstić information content (AvgIpc) is 2.83. The van der Waals surface area contributed by atoms with Crippen molar-refractivity contribution in [1.82, 2.24) is 0 Å². The van der Waals surface area contributed by atoms with E-state index in [0.717, 1.165) is 34.4 Å². The van der Waals surface area contributed by atoms with Crippen molar-refractivity contribution in [3.8, 4) is 39.1 Å². The quantitative estimate of drug-likeness (QED) is 0.236. The summed E-state index contributed by atoms with van der Waals surface area (Å²) in [5.41, 5.74) is 8.09. The van der Waals surface area contributed by atoms with Crippen molar-refractivity contribution < 1.29 is 4.43 Å². The number of hydrogen-bond acceptors (Lipinski definition) is 1. The highest BCUT2D eigenvalue weighted by Gasteiger charge is 2.24. The smallest absolute Gasteiger partial charge is 0.204 e. The van der Waals surface area contributed by atoms with Crippen LogP contribution in [0.5, 0.6) is 5.75 Å². The Balaban J connectivity index is 2.19. The molecule has 0 aliphatic heterocycles. The SMILES string of the molecule is CCC(Cl)c1cc(O[SiH3])c(-c2ccccc2)c(-c2ccccc2)c1-c1ccccc1. The van der Waals surface area contributed by atoms with Crippen molar-refractivity contribution in [2.45, 2.75) is 18.7 Å². The number of halogens is 1. The van der Waals surface area contributed by atoms with E-state index < -0.39 is 0 Å². The fourth-order valence-electron chi connectivity index (χ4n) is 4.01. The Labute approximate surface area is 186 Å². The summed E-state index contributed by atoms with van der Waals surface area (Å²) in [4.78, 5) is 0. The fraction of sp³-hybridized carbons (Fsp3) is 0.111. The molecule has 4 aromatic rings. The molecule has 0 aliphatic rings. The molecule has 0 bridgehead atoms. The van der Waals surface area contributed by atoms with Crippen LogP contribution in [0.4, 0.5) is 0 Å².